The molecule has 1 aliphatic heterocycles. The van der Waals surface area contributed by atoms with Crippen molar-refractivity contribution >= 4 is 27.3 Å². The maximum Gasteiger partial charge on any atom is 0.236 e. The lowest BCUT2D eigenvalue weighted by Crippen LogP contribution is -2.48. The number of hydrogen-bond donors (Lipinski definition) is 0. The van der Waals surface area contributed by atoms with Crippen molar-refractivity contribution in [2.45, 2.75) is 32.6 Å². The summed E-state index contributed by atoms with van der Waals surface area (Å²) in [4.78, 5) is 2.17. The molecule has 25 heavy (non-hydrogen) atoms. The first kappa shape index (κ1) is 19.8. The van der Waals surface area contributed by atoms with Gasteiger partial charge in [-0.1, -0.05) is 43.2 Å². The van der Waals surface area contributed by atoms with Crippen molar-refractivity contribution in [1.82, 2.24) is 4.31 Å². The Labute approximate surface area is 156 Å². The fraction of sp³-hybridized carbons (Fsp3) is 0.474. The lowest BCUT2D eigenvalue weighted by molar-refractivity contribution is 0.390. The van der Waals surface area contributed by atoms with E-state index in [1.54, 1.807) is 0 Å². The number of sulfonamides is 1. The van der Waals surface area contributed by atoms with Gasteiger partial charge in [0, 0.05) is 49.4 Å². The zero-order valence-electron chi connectivity index (χ0n) is 14.6. The first-order valence-corrected chi connectivity index (χ1v) is 10.6. The summed E-state index contributed by atoms with van der Waals surface area (Å²) in [6, 6.07) is 7.62. The van der Waals surface area contributed by atoms with Crippen LogP contribution in [0.1, 0.15) is 32.6 Å². The van der Waals surface area contributed by atoms with Crippen molar-refractivity contribution in [2.75, 3.05) is 31.1 Å². The highest BCUT2D eigenvalue weighted by molar-refractivity contribution is 7.92. The molecule has 0 N–H and O–H groups in total. The number of unbranched alkanes of at least 4 members (excludes halogenated alkanes) is 3. The topological polar surface area (TPSA) is 40.6 Å². The largest absolute Gasteiger partial charge is 0.369 e. The molecule has 136 valence electrons. The van der Waals surface area contributed by atoms with E-state index < -0.39 is 10.0 Å². The molecule has 4 nitrogen and oxygen atoms in total. The predicted octanol–water partition coefficient (Wildman–Crippen LogP) is 3.89. The summed E-state index contributed by atoms with van der Waals surface area (Å²) in [5, 5.41) is 1.92. The van der Waals surface area contributed by atoms with Crippen molar-refractivity contribution in [1.29, 1.82) is 0 Å². The van der Waals surface area contributed by atoms with E-state index in [0.717, 1.165) is 31.4 Å². The zero-order chi connectivity index (χ0) is 18.1. The lowest BCUT2D eigenvalue weighted by Gasteiger charge is -2.34. The van der Waals surface area contributed by atoms with Crippen LogP contribution < -0.4 is 4.90 Å². The van der Waals surface area contributed by atoms with E-state index in [2.05, 4.69) is 23.7 Å². The Bertz CT molecular complexity index is 725. The van der Waals surface area contributed by atoms with E-state index in [4.69, 9.17) is 11.6 Å². The van der Waals surface area contributed by atoms with E-state index in [9.17, 15) is 8.42 Å². The smallest absolute Gasteiger partial charge is 0.236 e. The SMILES string of the molecule is CCCCCC#CC=CS(=O)(=O)N1CCN(c2ccc(Cl)cc2)CC1. The number of nitrogens with zero attached hydrogens (tertiary/aromatic N) is 2. The van der Waals surface area contributed by atoms with Crippen molar-refractivity contribution in [3.8, 4) is 11.8 Å². The van der Waals surface area contributed by atoms with Gasteiger partial charge in [0.15, 0.2) is 0 Å². The maximum absolute atomic E-state index is 12.3. The van der Waals surface area contributed by atoms with E-state index in [1.807, 2.05) is 24.3 Å². The molecule has 1 aromatic carbocycles. The third-order valence-electron chi connectivity index (χ3n) is 4.12. The fourth-order valence-corrected chi connectivity index (χ4v) is 3.86. The van der Waals surface area contributed by atoms with Crippen LogP contribution in [-0.2, 0) is 10.0 Å². The monoisotopic (exact) mass is 380 g/mol. The molecular formula is C19H25ClN2O2S. The zero-order valence-corrected chi connectivity index (χ0v) is 16.2. The summed E-state index contributed by atoms with van der Waals surface area (Å²) in [5.74, 6) is 5.81. The second kappa shape index (κ2) is 9.86. The van der Waals surface area contributed by atoms with E-state index in [-0.39, 0.29) is 0 Å². The van der Waals surface area contributed by atoms with Gasteiger partial charge in [-0.2, -0.15) is 4.31 Å². The molecule has 1 saturated heterocycles. The molecule has 1 heterocycles. The third kappa shape index (κ3) is 6.39. The number of halogens is 1. The van der Waals surface area contributed by atoms with Gasteiger partial charge in [-0.05, 0) is 30.7 Å². The van der Waals surface area contributed by atoms with Gasteiger partial charge in [-0.25, -0.2) is 8.42 Å². The average molecular weight is 381 g/mol. The second-order valence-electron chi connectivity index (χ2n) is 5.99. The summed E-state index contributed by atoms with van der Waals surface area (Å²) in [6.45, 7) is 4.42. The Morgan fingerprint density at radius 3 is 2.44 bits per heavy atom. The van der Waals surface area contributed by atoms with Gasteiger partial charge < -0.3 is 4.90 Å². The van der Waals surface area contributed by atoms with Gasteiger partial charge in [-0.3, -0.25) is 0 Å². The summed E-state index contributed by atoms with van der Waals surface area (Å²) in [5.41, 5.74) is 1.06. The van der Waals surface area contributed by atoms with Gasteiger partial charge in [0.05, 0.1) is 5.41 Å². The molecular weight excluding hydrogens is 356 g/mol. The van der Waals surface area contributed by atoms with Gasteiger partial charge in [0.2, 0.25) is 10.0 Å². The van der Waals surface area contributed by atoms with Crippen LogP contribution in [0.2, 0.25) is 5.02 Å². The molecule has 6 heteroatoms. The van der Waals surface area contributed by atoms with Crippen LogP contribution in [0.15, 0.2) is 35.7 Å². The van der Waals surface area contributed by atoms with Crippen LogP contribution in [-0.4, -0.2) is 38.9 Å². The Morgan fingerprint density at radius 2 is 1.80 bits per heavy atom. The van der Waals surface area contributed by atoms with Crippen molar-refractivity contribution in [2.24, 2.45) is 0 Å². The lowest BCUT2D eigenvalue weighted by atomic mass is 10.2. The Balaban J connectivity index is 1.85. The highest BCUT2D eigenvalue weighted by Gasteiger charge is 2.24. The molecule has 0 saturated carbocycles. The minimum atomic E-state index is -3.39. The Hall–Kier alpha value is -1.48. The summed E-state index contributed by atoms with van der Waals surface area (Å²) >= 11 is 5.90. The molecule has 0 bridgehead atoms. The fourth-order valence-electron chi connectivity index (χ4n) is 2.65. The Morgan fingerprint density at radius 1 is 1.12 bits per heavy atom. The highest BCUT2D eigenvalue weighted by Crippen LogP contribution is 2.20. The molecule has 1 fully saturated rings. The normalized spacial score (nSPS) is 16.0. The van der Waals surface area contributed by atoms with Crippen LogP contribution in [0.4, 0.5) is 5.69 Å². The minimum Gasteiger partial charge on any atom is -0.369 e. The van der Waals surface area contributed by atoms with Crippen LogP contribution in [0.25, 0.3) is 0 Å². The minimum absolute atomic E-state index is 0.471. The van der Waals surface area contributed by atoms with Gasteiger partial charge in [0.1, 0.15) is 0 Å². The number of piperazine rings is 1. The van der Waals surface area contributed by atoms with Crippen LogP contribution in [0.5, 0.6) is 0 Å². The first-order valence-electron chi connectivity index (χ1n) is 8.68. The molecule has 2 rings (SSSR count). The predicted molar refractivity (Wildman–Crippen MR) is 105 cm³/mol. The molecule has 0 aromatic heterocycles. The average Bonchev–Trinajstić information content (AvgIpc) is 2.62. The molecule has 0 unspecified atom stereocenters. The number of allylic oxidation sites excluding steroid dienone is 1. The van der Waals surface area contributed by atoms with Crippen LogP contribution >= 0.6 is 11.6 Å². The standard InChI is InChI=1S/C19H25ClN2O2S/c1-2-3-4-5-6-7-8-17-25(23,24)22-15-13-21(14-16-22)19-11-9-18(20)10-12-19/h8-12,17H,2-5,13-16H2,1H3. The van der Waals surface area contributed by atoms with Crippen molar-refractivity contribution < 1.29 is 8.42 Å². The van der Waals surface area contributed by atoms with Gasteiger partial charge in [-0.15, -0.1) is 0 Å². The number of anilines is 1. The second-order valence-corrected chi connectivity index (χ2v) is 8.24. The molecule has 0 radical (unpaired) electrons. The van der Waals surface area contributed by atoms with E-state index in [0.29, 0.717) is 31.2 Å². The van der Waals surface area contributed by atoms with Gasteiger partial charge in [0.25, 0.3) is 0 Å². The van der Waals surface area contributed by atoms with E-state index >= 15 is 0 Å². The number of hydrogen-bond acceptors (Lipinski definition) is 3. The summed E-state index contributed by atoms with van der Waals surface area (Å²) in [6.07, 6.45) is 5.66. The molecule has 1 aliphatic rings. The number of benzene rings is 1. The molecule has 0 atom stereocenters. The Kier molecular flexibility index (Phi) is 7.83. The van der Waals surface area contributed by atoms with Gasteiger partial charge >= 0.3 is 0 Å². The number of rotatable bonds is 6. The first-order chi connectivity index (χ1) is 12.0. The molecule has 0 aliphatic carbocycles. The maximum atomic E-state index is 12.3. The van der Waals surface area contributed by atoms with Crippen LogP contribution in [0, 0.1) is 11.8 Å². The third-order valence-corrected chi connectivity index (χ3v) is 5.94. The molecule has 0 amide bonds. The molecule has 1 aromatic rings. The van der Waals surface area contributed by atoms with Crippen molar-refractivity contribution in [3.63, 3.8) is 0 Å². The summed E-state index contributed by atoms with van der Waals surface area (Å²) in [7, 11) is -3.39. The van der Waals surface area contributed by atoms with Crippen molar-refractivity contribution in [3.05, 3.63) is 40.8 Å². The molecule has 0 spiro atoms. The summed E-state index contributed by atoms with van der Waals surface area (Å²) < 4.78 is 26.2. The van der Waals surface area contributed by atoms with E-state index in [1.165, 1.54) is 15.8 Å². The quantitative estimate of drug-likeness (QED) is 0.555. The highest BCUT2D eigenvalue weighted by atomic mass is 35.5. The van der Waals surface area contributed by atoms with Crippen LogP contribution in [0.3, 0.4) is 0 Å².